The molecule has 1 aromatic carbocycles. The Hall–Kier alpha value is -1.85. The monoisotopic (exact) mass is 328 g/mol. The Morgan fingerprint density at radius 2 is 1.91 bits per heavy atom. The van der Waals surface area contributed by atoms with E-state index >= 15 is 0 Å². The molecule has 1 aromatic rings. The number of nitrogens with one attached hydrogen (secondary N) is 1. The Labute approximate surface area is 136 Å². The molecule has 0 saturated carbocycles. The van der Waals surface area contributed by atoms with E-state index in [1.165, 1.54) is 6.07 Å². The predicted octanol–water partition coefficient (Wildman–Crippen LogP) is 4.43. The van der Waals surface area contributed by atoms with Gasteiger partial charge in [-0.2, -0.15) is 8.78 Å². The minimum atomic E-state index is -2.89. The fourth-order valence-corrected chi connectivity index (χ4v) is 2.41. The molecule has 1 unspecified atom stereocenters. The summed E-state index contributed by atoms with van der Waals surface area (Å²) in [5.74, 6) is 0.455. The lowest BCUT2D eigenvalue weighted by Crippen LogP contribution is -2.43. The van der Waals surface area contributed by atoms with Crippen molar-refractivity contribution in [2.75, 3.05) is 13.1 Å². The van der Waals surface area contributed by atoms with Gasteiger partial charge in [0.25, 0.3) is 0 Å². The van der Waals surface area contributed by atoms with Crippen LogP contribution in [0.1, 0.15) is 45.7 Å². The topological polar surface area (TPSA) is 41.6 Å². The SMILES string of the molecule is CCC(NC(=O)N(CC)CC(C)C)c1ccccc1OC(F)F. The van der Waals surface area contributed by atoms with Gasteiger partial charge in [-0.3, -0.25) is 0 Å². The normalized spacial score (nSPS) is 12.3. The van der Waals surface area contributed by atoms with Gasteiger partial charge in [-0.05, 0) is 25.3 Å². The Morgan fingerprint density at radius 1 is 1.26 bits per heavy atom. The maximum absolute atomic E-state index is 12.5. The van der Waals surface area contributed by atoms with Crippen LogP contribution in [0.25, 0.3) is 0 Å². The zero-order valence-electron chi connectivity index (χ0n) is 14.2. The number of ether oxygens (including phenoxy) is 1. The number of benzene rings is 1. The van der Waals surface area contributed by atoms with Gasteiger partial charge in [-0.1, -0.05) is 39.0 Å². The number of halogens is 2. The minimum Gasteiger partial charge on any atom is -0.434 e. The van der Waals surface area contributed by atoms with Crippen LogP contribution >= 0.6 is 0 Å². The summed E-state index contributed by atoms with van der Waals surface area (Å²) < 4.78 is 29.6. The van der Waals surface area contributed by atoms with E-state index < -0.39 is 6.61 Å². The van der Waals surface area contributed by atoms with Gasteiger partial charge in [0.15, 0.2) is 0 Å². The van der Waals surface area contributed by atoms with Gasteiger partial charge in [0.05, 0.1) is 6.04 Å². The number of carbonyl (C=O) groups is 1. The van der Waals surface area contributed by atoms with Crippen molar-refractivity contribution < 1.29 is 18.3 Å². The maximum Gasteiger partial charge on any atom is 0.387 e. The molecule has 0 bridgehead atoms. The Kier molecular flexibility index (Phi) is 7.78. The summed E-state index contributed by atoms with van der Waals surface area (Å²) in [5, 5.41) is 2.92. The molecule has 130 valence electrons. The van der Waals surface area contributed by atoms with E-state index in [2.05, 4.69) is 10.1 Å². The highest BCUT2D eigenvalue weighted by Crippen LogP contribution is 2.28. The molecular formula is C17H26F2N2O2. The van der Waals surface area contributed by atoms with Crippen molar-refractivity contribution in [2.24, 2.45) is 5.92 Å². The summed E-state index contributed by atoms with van der Waals surface area (Å²) in [6, 6.07) is 5.99. The van der Waals surface area contributed by atoms with Crippen LogP contribution in [0.15, 0.2) is 24.3 Å². The molecule has 0 saturated heterocycles. The fourth-order valence-electron chi connectivity index (χ4n) is 2.41. The summed E-state index contributed by atoms with van der Waals surface area (Å²) in [4.78, 5) is 14.1. The fraction of sp³-hybridized carbons (Fsp3) is 0.588. The molecule has 0 aliphatic rings. The van der Waals surface area contributed by atoms with Crippen LogP contribution in [0, 0.1) is 5.92 Å². The molecule has 2 amide bonds. The Bertz CT molecular complexity index is 495. The zero-order valence-corrected chi connectivity index (χ0v) is 14.2. The molecule has 0 aliphatic heterocycles. The molecule has 23 heavy (non-hydrogen) atoms. The van der Waals surface area contributed by atoms with Gasteiger partial charge >= 0.3 is 12.6 Å². The highest BCUT2D eigenvalue weighted by atomic mass is 19.3. The molecule has 4 nitrogen and oxygen atoms in total. The molecule has 0 fully saturated rings. The lowest BCUT2D eigenvalue weighted by atomic mass is 10.0. The minimum absolute atomic E-state index is 0.0987. The second-order valence-corrected chi connectivity index (χ2v) is 5.76. The Balaban J connectivity index is 2.90. The lowest BCUT2D eigenvalue weighted by molar-refractivity contribution is -0.0507. The molecule has 0 heterocycles. The summed E-state index contributed by atoms with van der Waals surface area (Å²) in [5.41, 5.74) is 0.559. The van der Waals surface area contributed by atoms with E-state index in [0.717, 1.165) is 0 Å². The van der Waals surface area contributed by atoms with E-state index in [1.54, 1.807) is 23.1 Å². The lowest BCUT2D eigenvalue weighted by Gasteiger charge is -2.27. The van der Waals surface area contributed by atoms with E-state index in [4.69, 9.17) is 0 Å². The summed E-state index contributed by atoms with van der Waals surface area (Å²) in [7, 11) is 0. The number of urea groups is 1. The van der Waals surface area contributed by atoms with Crippen LogP contribution < -0.4 is 10.1 Å². The summed E-state index contributed by atoms with van der Waals surface area (Å²) in [6.45, 7) is 6.23. The van der Waals surface area contributed by atoms with E-state index in [0.29, 0.717) is 31.0 Å². The number of para-hydroxylation sites is 1. The van der Waals surface area contributed by atoms with Gasteiger partial charge in [0, 0.05) is 18.7 Å². The van der Waals surface area contributed by atoms with Gasteiger partial charge in [-0.15, -0.1) is 0 Å². The number of carbonyl (C=O) groups excluding carboxylic acids is 1. The van der Waals surface area contributed by atoms with Crippen molar-refractivity contribution in [2.45, 2.75) is 46.8 Å². The third-order valence-electron chi connectivity index (χ3n) is 3.47. The number of hydrogen-bond acceptors (Lipinski definition) is 2. The molecule has 0 aromatic heterocycles. The average molecular weight is 328 g/mol. The van der Waals surface area contributed by atoms with Crippen LogP contribution in [-0.4, -0.2) is 30.6 Å². The predicted molar refractivity (Wildman–Crippen MR) is 86.7 cm³/mol. The third kappa shape index (κ3) is 6.04. The number of hydrogen-bond donors (Lipinski definition) is 1. The third-order valence-corrected chi connectivity index (χ3v) is 3.47. The largest absolute Gasteiger partial charge is 0.434 e. The van der Waals surface area contributed by atoms with Crippen molar-refractivity contribution in [1.29, 1.82) is 0 Å². The first-order valence-corrected chi connectivity index (χ1v) is 7.98. The van der Waals surface area contributed by atoms with Gasteiger partial charge in [0.1, 0.15) is 5.75 Å². The average Bonchev–Trinajstić information content (AvgIpc) is 2.50. The van der Waals surface area contributed by atoms with Gasteiger partial charge in [0.2, 0.25) is 0 Å². The molecule has 6 heteroatoms. The van der Waals surface area contributed by atoms with Crippen LogP contribution in [-0.2, 0) is 0 Å². The molecule has 1 N–H and O–H groups in total. The van der Waals surface area contributed by atoms with Crippen LogP contribution in [0.5, 0.6) is 5.75 Å². The van der Waals surface area contributed by atoms with Crippen LogP contribution in [0.3, 0.4) is 0 Å². The van der Waals surface area contributed by atoms with Crippen molar-refractivity contribution >= 4 is 6.03 Å². The van der Waals surface area contributed by atoms with E-state index in [-0.39, 0.29) is 17.8 Å². The number of nitrogens with zero attached hydrogens (tertiary/aromatic N) is 1. The summed E-state index contributed by atoms with van der Waals surface area (Å²) in [6.07, 6.45) is 0.578. The molecule has 1 rings (SSSR count). The molecule has 0 aliphatic carbocycles. The molecule has 1 atom stereocenters. The van der Waals surface area contributed by atoms with Crippen molar-refractivity contribution in [1.82, 2.24) is 10.2 Å². The maximum atomic E-state index is 12.5. The van der Waals surface area contributed by atoms with E-state index in [9.17, 15) is 13.6 Å². The summed E-state index contributed by atoms with van der Waals surface area (Å²) >= 11 is 0. The first kappa shape index (κ1) is 19.2. The van der Waals surface area contributed by atoms with Crippen molar-refractivity contribution in [3.8, 4) is 5.75 Å². The molecular weight excluding hydrogens is 302 g/mol. The van der Waals surface area contributed by atoms with Crippen molar-refractivity contribution in [3.63, 3.8) is 0 Å². The molecule has 0 spiro atoms. The van der Waals surface area contributed by atoms with Crippen LogP contribution in [0.2, 0.25) is 0 Å². The number of alkyl halides is 2. The van der Waals surface area contributed by atoms with Crippen LogP contribution in [0.4, 0.5) is 13.6 Å². The highest BCUT2D eigenvalue weighted by Gasteiger charge is 2.21. The van der Waals surface area contributed by atoms with Gasteiger partial charge in [-0.25, -0.2) is 4.79 Å². The number of rotatable bonds is 8. The van der Waals surface area contributed by atoms with E-state index in [1.807, 2.05) is 27.7 Å². The number of amides is 2. The van der Waals surface area contributed by atoms with Gasteiger partial charge < -0.3 is 15.0 Å². The standard InChI is InChI=1S/C17H26F2N2O2/c1-5-14(20-17(22)21(6-2)11-12(3)4)13-9-7-8-10-15(13)23-16(18)19/h7-10,12,14,16H,5-6,11H2,1-4H3,(H,20,22). The Morgan fingerprint density at radius 3 is 2.43 bits per heavy atom. The molecule has 0 radical (unpaired) electrons. The smallest absolute Gasteiger partial charge is 0.387 e. The first-order chi connectivity index (χ1) is 10.9. The van der Waals surface area contributed by atoms with Crippen molar-refractivity contribution in [3.05, 3.63) is 29.8 Å². The highest BCUT2D eigenvalue weighted by molar-refractivity contribution is 5.74. The zero-order chi connectivity index (χ0) is 17.4. The quantitative estimate of drug-likeness (QED) is 0.767. The second kappa shape index (κ2) is 9.33. The second-order valence-electron chi connectivity index (χ2n) is 5.76. The first-order valence-electron chi connectivity index (χ1n) is 7.98.